The number of hydrogen-bond acceptors (Lipinski definition) is 2. The molecule has 2 aliphatic heterocycles. The van der Waals surface area contributed by atoms with Gasteiger partial charge in [-0.05, 0) is 38.5 Å². The molecule has 3 fully saturated rings. The average Bonchev–Trinajstić information content (AvgIpc) is 3.12. The van der Waals surface area contributed by atoms with Crippen LogP contribution in [0, 0.1) is 11.8 Å². The van der Waals surface area contributed by atoms with Gasteiger partial charge in [0.15, 0.2) is 0 Å². The molecule has 3 rings (SSSR count). The van der Waals surface area contributed by atoms with Crippen LogP contribution in [0.4, 0.5) is 0 Å². The van der Waals surface area contributed by atoms with Gasteiger partial charge in [-0.1, -0.05) is 0 Å². The van der Waals surface area contributed by atoms with Gasteiger partial charge in [0.1, 0.15) is 0 Å². The third-order valence-corrected chi connectivity index (χ3v) is 4.50. The highest BCUT2D eigenvalue weighted by Gasteiger charge is 2.36. The Morgan fingerprint density at radius 1 is 0.667 bits per heavy atom. The first-order valence-corrected chi connectivity index (χ1v) is 7.33. The summed E-state index contributed by atoms with van der Waals surface area (Å²) in [5.74, 6) is 1.16. The smallest absolute Gasteiger partial charge is 0.225 e. The lowest BCUT2D eigenvalue weighted by Gasteiger charge is -2.33. The third-order valence-electron chi connectivity index (χ3n) is 4.50. The van der Waals surface area contributed by atoms with Crippen molar-refractivity contribution in [3.8, 4) is 0 Å². The van der Waals surface area contributed by atoms with Crippen LogP contribution in [0.25, 0.3) is 0 Å². The molecule has 0 unspecified atom stereocenters. The lowest BCUT2D eigenvalue weighted by molar-refractivity contribution is -0.140. The van der Waals surface area contributed by atoms with Crippen LogP contribution in [0.2, 0.25) is 0 Å². The van der Waals surface area contributed by atoms with Crippen molar-refractivity contribution in [2.75, 3.05) is 26.2 Å². The molecule has 0 N–H and O–H groups in total. The molecule has 4 nitrogen and oxygen atoms in total. The number of amides is 2. The van der Waals surface area contributed by atoms with Gasteiger partial charge >= 0.3 is 0 Å². The Morgan fingerprint density at radius 3 is 1.61 bits per heavy atom. The summed E-state index contributed by atoms with van der Waals surface area (Å²) < 4.78 is 0. The number of piperidine rings is 1. The minimum atomic E-state index is 0.173. The number of hydrogen-bond donors (Lipinski definition) is 0. The van der Waals surface area contributed by atoms with E-state index in [9.17, 15) is 9.59 Å². The lowest BCUT2D eigenvalue weighted by Crippen LogP contribution is -2.44. The Labute approximate surface area is 108 Å². The van der Waals surface area contributed by atoms with Crippen LogP contribution >= 0.6 is 0 Å². The second-order valence-corrected chi connectivity index (χ2v) is 5.91. The van der Waals surface area contributed by atoms with Gasteiger partial charge in [-0.2, -0.15) is 0 Å². The molecule has 0 aromatic heterocycles. The minimum Gasteiger partial charge on any atom is -0.342 e. The van der Waals surface area contributed by atoms with Gasteiger partial charge in [0, 0.05) is 38.0 Å². The minimum absolute atomic E-state index is 0.173. The monoisotopic (exact) mass is 250 g/mol. The van der Waals surface area contributed by atoms with Crippen molar-refractivity contribution in [1.82, 2.24) is 9.80 Å². The second kappa shape index (κ2) is 4.90. The van der Waals surface area contributed by atoms with E-state index in [1.54, 1.807) is 0 Å². The zero-order valence-corrected chi connectivity index (χ0v) is 10.9. The van der Waals surface area contributed by atoms with E-state index < -0.39 is 0 Å². The number of nitrogens with zero attached hydrogens (tertiary/aromatic N) is 2. The van der Waals surface area contributed by atoms with Crippen LogP contribution in [-0.2, 0) is 9.59 Å². The molecule has 2 amide bonds. The summed E-state index contributed by atoms with van der Waals surface area (Å²) >= 11 is 0. The standard InChI is InChI=1S/C14H22N2O2/c17-13(11-3-4-11)16-9-5-12(6-10-16)14(18)15-7-1-2-8-15/h11-12H,1-10H2. The summed E-state index contributed by atoms with van der Waals surface area (Å²) in [5, 5.41) is 0. The maximum atomic E-state index is 12.2. The van der Waals surface area contributed by atoms with Crippen LogP contribution in [-0.4, -0.2) is 47.8 Å². The van der Waals surface area contributed by atoms with Crippen molar-refractivity contribution < 1.29 is 9.59 Å². The fourth-order valence-electron chi connectivity index (χ4n) is 3.13. The number of rotatable bonds is 2. The van der Waals surface area contributed by atoms with Gasteiger partial charge in [0.05, 0.1) is 0 Å². The van der Waals surface area contributed by atoms with Crippen molar-refractivity contribution in [3.05, 3.63) is 0 Å². The van der Waals surface area contributed by atoms with E-state index in [0.717, 1.165) is 64.7 Å². The Kier molecular flexibility index (Phi) is 3.27. The van der Waals surface area contributed by atoms with Gasteiger partial charge < -0.3 is 9.80 Å². The Balaban J connectivity index is 1.49. The van der Waals surface area contributed by atoms with Crippen LogP contribution in [0.5, 0.6) is 0 Å². The molecule has 0 aromatic carbocycles. The highest BCUT2D eigenvalue weighted by molar-refractivity contribution is 5.82. The summed E-state index contributed by atoms with van der Waals surface area (Å²) in [4.78, 5) is 28.2. The zero-order valence-electron chi connectivity index (χ0n) is 10.9. The molecule has 0 aromatic rings. The number of carbonyl (C=O) groups excluding carboxylic acids is 2. The molecule has 3 aliphatic rings. The fourth-order valence-corrected chi connectivity index (χ4v) is 3.13. The molecular formula is C14H22N2O2. The van der Waals surface area contributed by atoms with Crippen molar-refractivity contribution in [3.63, 3.8) is 0 Å². The molecule has 1 aliphatic carbocycles. The normalized spacial score (nSPS) is 25.6. The van der Waals surface area contributed by atoms with E-state index in [0.29, 0.717) is 17.7 Å². The van der Waals surface area contributed by atoms with Crippen molar-refractivity contribution in [2.45, 2.75) is 38.5 Å². The maximum Gasteiger partial charge on any atom is 0.225 e. The van der Waals surface area contributed by atoms with Crippen molar-refractivity contribution in [1.29, 1.82) is 0 Å². The van der Waals surface area contributed by atoms with Crippen LogP contribution < -0.4 is 0 Å². The van der Waals surface area contributed by atoms with Crippen LogP contribution in [0.1, 0.15) is 38.5 Å². The predicted molar refractivity (Wildman–Crippen MR) is 67.8 cm³/mol. The molecule has 4 heteroatoms. The first-order valence-electron chi connectivity index (χ1n) is 7.33. The molecular weight excluding hydrogens is 228 g/mol. The van der Waals surface area contributed by atoms with Gasteiger partial charge in [-0.3, -0.25) is 9.59 Å². The van der Waals surface area contributed by atoms with E-state index in [1.165, 1.54) is 0 Å². The first-order chi connectivity index (χ1) is 8.75. The Morgan fingerprint density at radius 2 is 1.11 bits per heavy atom. The van der Waals surface area contributed by atoms with Crippen LogP contribution in [0.3, 0.4) is 0 Å². The quantitative estimate of drug-likeness (QED) is 0.740. The predicted octanol–water partition coefficient (Wildman–Crippen LogP) is 1.26. The first kappa shape index (κ1) is 12.0. The second-order valence-electron chi connectivity index (χ2n) is 5.91. The van der Waals surface area contributed by atoms with Gasteiger partial charge in [0.25, 0.3) is 0 Å². The summed E-state index contributed by atoms with van der Waals surface area (Å²) in [7, 11) is 0. The highest BCUT2D eigenvalue weighted by Crippen LogP contribution is 2.32. The van der Waals surface area contributed by atoms with Crippen molar-refractivity contribution in [2.24, 2.45) is 11.8 Å². The Hall–Kier alpha value is -1.06. The van der Waals surface area contributed by atoms with Gasteiger partial charge in [-0.15, -0.1) is 0 Å². The van der Waals surface area contributed by atoms with Gasteiger partial charge in [-0.25, -0.2) is 0 Å². The third kappa shape index (κ3) is 2.38. The van der Waals surface area contributed by atoms with E-state index in [2.05, 4.69) is 0 Å². The van der Waals surface area contributed by atoms with Gasteiger partial charge in [0.2, 0.25) is 11.8 Å². The average molecular weight is 250 g/mol. The lowest BCUT2D eigenvalue weighted by atomic mass is 9.95. The molecule has 0 spiro atoms. The highest BCUT2D eigenvalue weighted by atomic mass is 16.2. The summed E-state index contributed by atoms with van der Waals surface area (Å²) in [6, 6.07) is 0. The fraction of sp³-hybridized carbons (Fsp3) is 0.857. The van der Waals surface area contributed by atoms with E-state index in [4.69, 9.17) is 0 Å². The largest absolute Gasteiger partial charge is 0.342 e. The SMILES string of the molecule is O=C(C1CCN(C(=O)C2CC2)CC1)N1CCCC1. The van der Waals surface area contributed by atoms with Crippen molar-refractivity contribution >= 4 is 11.8 Å². The topological polar surface area (TPSA) is 40.6 Å². The molecule has 2 saturated heterocycles. The van der Waals surface area contributed by atoms with E-state index in [-0.39, 0.29) is 5.92 Å². The van der Waals surface area contributed by atoms with E-state index >= 15 is 0 Å². The zero-order chi connectivity index (χ0) is 12.5. The Bertz CT molecular complexity index is 338. The summed E-state index contributed by atoms with van der Waals surface area (Å²) in [5.41, 5.74) is 0. The molecule has 2 heterocycles. The maximum absolute atomic E-state index is 12.2. The molecule has 0 bridgehead atoms. The molecule has 0 atom stereocenters. The number of likely N-dealkylation sites (tertiary alicyclic amines) is 2. The molecule has 100 valence electrons. The summed E-state index contributed by atoms with van der Waals surface area (Å²) in [6.45, 7) is 3.47. The number of carbonyl (C=O) groups is 2. The van der Waals surface area contributed by atoms with Crippen LogP contribution in [0.15, 0.2) is 0 Å². The molecule has 18 heavy (non-hydrogen) atoms. The molecule has 0 radical (unpaired) electrons. The van der Waals surface area contributed by atoms with E-state index in [1.807, 2.05) is 9.80 Å². The summed E-state index contributed by atoms with van der Waals surface area (Å²) in [6.07, 6.45) is 6.20. The molecule has 1 saturated carbocycles.